The van der Waals surface area contributed by atoms with E-state index in [1.54, 1.807) is 23.1 Å². The van der Waals surface area contributed by atoms with Crippen LogP contribution in [0.15, 0.2) is 51.2 Å². The van der Waals surface area contributed by atoms with Crippen molar-refractivity contribution in [1.82, 2.24) is 20.1 Å². The quantitative estimate of drug-likeness (QED) is 0.332. The molecule has 3 heterocycles. The van der Waals surface area contributed by atoms with Gasteiger partial charge in [-0.2, -0.15) is 17.9 Å². The molecule has 3 aromatic rings. The average molecular weight is 615 g/mol. The number of carboxylic acids is 1. The second-order valence-corrected chi connectivity index (χ2v) is 12.7. The highest BCUT2D eigenvalue weighted by Gasteiger charge is 2.63. The maximum absolute atomic E-state index is 13.1. The molecule has 220 valence electrons. The van der Waals surface area contributed by atoms with E-state index in [9.17, 15) is 36.3 Å². The van der Waals surface area contributed by atoms with Crippen molar-refractivity contribution in [1.29, 1.82) is 0 Å². The normalized spacial score (nSPS) is 21.0. The zero-order chi connectivity index (χ0) is 29.4. The molecule has 2 aliphatic rings. The fourth-order valence-electron chi connectivity index (χ4n) is 4.63. The molecule has 0 radical (unpaired) electrons. The largest absolute Gasteiger partial charge is 0.480 e. The van der Waals surface area contributed by atoms with E-state index in [4.69, 9.17) is 4.74 Å². The number of sulfonamides is 1. The van der Waals surface area contributed by atoms with Crippen molar-refractivity contribution in [2.45, 2.75) is 34.7 Å². The van der Waals surface area contributed by atoms with Crippen LogP contribution in [0.1, 0.15) is 29.2 Å². The Morgan fingerprint density at radius 1 is 1.17 bits per heavy atom. The minimum atomic E-state index is -4.75. The van der Waals surface area contributed by atoms with Crippen molar-refractivity contribution in [3.05, 3.63) is 59.4 Å². The second kappa shape index (κ2) is 11.1. The molecule has 2 atom stereocenters. The lowest BCUT2D eigenvalue weighted by Crippen LogP contribution is -2.46. The molecule has 2 unspecified atom stereocenters. The van der Waals surface area contributed by atoms with E-state index >= 15 is 0 Å². The van der Waals surface area contributed by atoms with Crippen LogP contribution in [0.2, 0.25) is 0 Å². The summed E-state index contributed by atoms with van der Waals surface area (Å²) in [6.45, 7) is 2.37. The predicted molar refractivity (Wildman–Crippen MR) is 139 cm³/mol. The summed E-state index contributed by atoms with van der Waals surface area (Å²) >= 11 is 0.640. The molecule has 11 nitrogen and oxygen atoms in total. The number of aliphatic carboxylic acids is 1. The minimum absolute atomic E-state index is 0.00917. The fourth-order valence-corrected chi connectivity index (χ4v) is 7.30. The van der Waals surface area contributed by atoms with E-state index in [0.717, 1.165) is 5.56 Å². The third-order valence-corrected chi connectivity index (χ3v) is 10.00. The van der Waals surface area contributed by atoms with Crippen LogP contribution >= 0.6 is 11.3 Å². The van der Waals surface area contributed by atoms with Gasteiger partial charge in [-0.25, -0.2) is 13.2 Å². The van der Waals surface area contributed by atoms with Crippen molar-refractivity contribution in [3.63, 3.8) is 0 Å². The van der Waals surface area contributed by atoms with Crippen LogP contribution in [0.3, 0.4) is 0 Å². The third-order valence-electron chi connectivity index (χ3n) is 6.89. The van der Waals surface area contributed by atoms with E-state index in [0.29, 0.717) is 62.2 Å². The fraction of sp³-hybridized carbons (Fsp3) is 0.400. The molecule has 1 saturated carbocycles. The predicted octanol–water partition coefficient (Wildman–Crippen LogP) is 3.30. The van der Waals surface area contributed by atoms with Gasteiger partial charge in [-0.1, -0.05) is 29.4 Å². The molecule has 0 bridgehead atoms. The van der Waals surface area contributed by atoms with Crippen LogP contribution in [0.5, 0.6) is 0 Å². The third kappa shape index (κ3) is 6.24. The first-order valence-corrected chi connectivity index (χ1v) is 14.8. The first-order valence-electron chi connectivity index (χ1n) is 12.5. The Morgan fingerprint density at radius 2 is 1.93 bits per heavy atom. The minimum Gasteiger partial charge on any atom is -0.480 e. The number of carbonyl (C=O) groups is 2. The lowest BCUT2D eigenvalue weighted by atomic mass is 10.0. The number of rotatable bonds is 9. The first kappa shape index (κ1) is 29.0. The number of amides is 2. The van der Waals surface area contributed by atoms with Gasteiger partial charge in [-0.15, -0.1) is 11.3 Å². The zero-order valence-corrected chi connectivity index (χ0v) is 22.9. The number of alkyl halides is 3. The molecule has 3 N–H and O–H groups in total. The highest BCUT2D eigenvalue weighted by Crippen LogP contribution is 2.53. The standard InChI is InChI=1S/C25H25F3N4O7S2/c26-25(27,28)20-13-18(30-39-20)19-4-5-21(40-19)41(36,37)31-24(22(33)34)14-17(24)16-3-1-2-15(12-16)6-7-29-23(35)32-8-10-38-11-9-32/h1-5,12-13,17,31H,6-11,14H2,(H,29,35)(H,33,34). The highest BCUT2D eigenvalue weighted by atomic mass is 32.2. The van der Waals surface area contributed by atoms with E-state index in [2.05, 4.69) is 19.7 Å². The summed E-state index contributed by atoms with van der Waals surface area (Å²) in [5, 5.41) is 16.2. The molecule has 2 amide bonds. The summed E-state index contributed by atoms with van der Waals surface area (Å²) in [7, 11) is -4.35. The molecule has 1 saturated heterocycles. The van der Waals surface area contributed by atoms with E-state index < -0.39 is 39.4 Å². The van der Waals surface area contributed by atoms with Crippen LogP contribution in [0, 0.1) is 0 Å². The van der Waals surface area contributed by atoms with Gasteiger partial charge in [-0.05, 0) is 36.1 Å². The monoisotopic (exact) mass is 614 g/mol. The number of halogens is 3. The van der Waals surface area contributed by atoms with Gasteiger partial charge >= 0.3 is 18.2 Å². The van der Waals surface area contributed by atoms with E-state index in [-0.39, 0.29) is 27.2 Å². The molecule has 1 aromatic carbocycles. The lowest BCUT2D eigenvalue weighted by Gasteiger charge is -2.26. The van der Waals surface area contributed by atoms with Crippen LogP contribution in [0.4, 0.5) is 18.0 Å². The Kier molecular flexibility index (Phi) is 7.84. The van der Waals surface area contributed by atoms with Crippen LogP contribution < -0.4 is 10.0 Å². The summed E-state index contributed by atoms with van der Waals surface area (Å²) in [5.74, 6) is -3.32. The van der Waals surface area contributed by atoms with Crippen LogP contribution in [-0.4, -0.2) is 74.0 Å². The Balaban J connectivity index is 1.25. The number of aromatic nitrogens is 1. The van der Waals surface area contributed by atoms with Gasteiger partial charge in [0.1, 0.15) is 15.4 Å². The van der Waals surface area contributed by atoms with Crippen LogP contribution in [-0.2, 0) is 32.2 Å². The van der Waals surface area contributed by atoms with E-state index in [1.165, 1.54) is 12.1 Å². The van der Waals surface area contributed by atoms with Crippen LogP contribution in [0.25, 0.3) is 10.6 Å². The van der Waals surface area contributed by atoms with Crippen molar-refractivity contribution in [2.24, 2.45) is 0 Å². The summed E-state index contributed by atoms with van der Waals surface area (Å²) in [6, 6.07) is 9.99. The second-order valence-electron chi connectivity index (χ2n) is 9.66. The van der Waals surface area contributed by atoms with Gasteiger partial charge in [0, 0.05) is 31.6 Å². The number of hydrogen-bond donors (Lipinski definition) is 3. The molecule has 1 aliphatic heterocycles. The van der Waals surface area contributed by atoms with Gasteiger partial charge < -0.3 is 24.6 Å². The lowest BCUT2D eigenvalue weighted by molar-refractivity contribution is -0.155. The SMILES string of the molecule is O=C(NCCc1cccc(C2CC2(NS(=O)(=O)c2ccc(-c3cc(C(F)(F)F)on3)s2)C(=O)O)c1)N1CCOCC1. The van der Waals surface area contributed by atoms with Gasteiger partial charge in [0.15, 0.2) is 0 Å². The summed E-state index contributed by atoms with van der Waals surface area (Å²) in [4.78, 5) is 26.3. The topological polar surface area (TPSA) is 151 Å². The highest BCUT2D eigenvalue weighted by molar-refractivity contribution is 7.91. The molecular formula is C25H25F3N4O7S2. The molecule has 0 spiro atoms. The number of carbonyl (C=O) groups excluding carboxylic acids is 1. The summed E-state index contributed by atoms with van der Waals surface area (Å²) in [5.41, 5.74) is -0.517. The molecule has 2 aromatic heterocycles. The van der Waals surface area contributed by atoms with Gasteiger partial charge in [0.25, 0.3) is 10.0 Å². The molecule has 2 fully saturated rings. The molecule has 16 heteroatoms. The molecule has 1 aliphatic carbocycles. The molecule has 5 rings (SSSR count). The number of nitrogens with zero attached hydrogens (tertiary/aromatic N) is 2. The first-order chi connectivity index (χ1) is 19.4. The van der Waals surface area contributed by atoms with Crippen molar-refractivity contribution in [2.75, 3.05) is 32.8 Å². The van der Waals surface area contributed by atoms with Gasteiger partial charge in [-0.3, -0.25) is 4.79 Å². The number of urea groups is 1. The number of carboxylic acid groups (broad SMARTS) is 1. The van der Waals surface area contributed by atoms with Crippen molar-refractivity contribution < 1.29 is 45.5 Å². The van der Waals surface area contributed by atoms with Gasteiger partial charge in [0.05, 0.1) is 18.1 Å². The average Bonchev–Trinajstić information content (AvgIpc) is 3.27. The zero-order valence-electron chi connectivity index (χ0n) is 21.3. The summed E-state index contributed by atoms with van der Waals surface area (Å²) < 4.78 is 76.3. The van der Waals surface area contributed by atoms with E-state index in [1.807, 2.05) is 6.07 Å². The Bertz CT molecular complexity index is 1550. The van der Waals surface area contributed by atoms with Crippen molar-refractivity contribution in [3.8, 4) is 10.6 Å². The number of nitrogens with one attached hydrogen (secondary N) is 2. The van der Waals surface area contributed by atoms with Crippen molar-refractivity contribution >= 4 is 33.4 Å². The Hall–Kier alpha value is -3.47. The summed E-state index contributed by atoms with van der Waals surface area (Å²) in [6.07, 6.45) is -4.25. The number of benzene rings is 1. The number of ether oxygens (including phenoxy) is 1. The van der Waals surface area contributed by atoms with Gasteiger partial charge in [0.2, 0.25) is 5.76 Å². The number of hydrogen-bond acceptors (Lipinski definition) is 8. The number of morpholine rings is 1. The smallest absolute Gasteiger partial charge is 0.452 e. The molecule has 41 heavy (non-hydrogen) atoms. The maximum Gasteiger partial charge on any atom is 0.452 e. The maximum atomic E-state index is 13.1. The molecular weight excluding hydrogens is 589 g/mol. The Labute approximate surface area is 236 Å². The number of thiophene rings is 1. The Morgan fingerprint density at radius 3 is 2.61 bits per heavy atom.